The summed E-state index contributed by atoms with van der Waals surface area (Å²) in [6.07, 6.45) is 2.53. The van der Waals surface area contributed by atoms with Crippen molar-refractivity contribution in [3.05, 3.63) is 27.5 Å². The second kappa shape index (κ2) is 4.99. The summed E-state index contributed by atoms with van der Waals surface area (Å²) in [5.41, 5.74) is 2.76. The SMILES string of the molecule is Cc1cc(C)n(CN2CCCC2)c(=S)c1C#N. The first kappa shape index (κ1) is 12.3. The molecule has 0 N–H and O–H groups in total. The zero-order valence-corrected chi connectivity index (χ0v) is 11.2. The highest BCUT2D eigenvalue weighted by molar-refractivity contribution is 7.71. The molecule has 4 heteroatoms. The van der Waals surface area contributed by atoms with Crippen LogP contribution in [0.4, 0.5) is 0 Å². The summed E-state index contributed by atoms with van der Waals surface area (Å²) in [6.45, 7) is 7.09. The Hall–Kier alpha value is -1.18. The van der Waals surface area contributed by atoms with Crippen molar-refractivity contribution in [3.8, 4) is 6.07 Å². The molecule has 2 heterocycles. The van der Waals surface area contributed by atoms with E-state index in [0.29, 0.717) is 10.2 Å². The standard InChI is InChI=1S/C13H17N3S/c1-10-7-11(2)16(13(17)12(10)8-14)9-15-5-3-4-6-15/h7H,3-6,9H2,1-2H3. The second-order valence-electron chi connectivity index (χ2n) is 4.66. The molecule has 1 aliphatic rings. The maximum atomic E-state index is 9.13. The quantitative estimate of drug-likeness (QED) is 0.753. The summed E-state index contributed by atoms with van der Waals surface area (Å²) in [6, 6.07) is 4.26. The molecular formula is C13H17N3S. The Kier molecular flexibility index (Phi) is 3.60. The van der Waals surface area contributed by atoms with Crippen LogP contribution < -0.4 is 0 Å². The molecule has 0 spiro atoms. The van der Waals surface area contributed by atoms with Gasteiger partial charge in [-0.05, 0) is 51.4 Å². The van der Waals surface area contributed by atoms with Crippen molar-refractivity contribution in [2.24, 2.45) is 0 Å². The minimum Gasteiger partial charge on any atom is -0.322 e. The van der Waals surface area contributed by atoms with Gasteiger partial charge >= 0.3 is 0 Å². The number of likely N-dealkylation sites (tertiary alicyclic amines) is 1. The molecule has 0 saturated carbocycles. The monoisotopic (exact) mass is 247 g/mol. The smallest absolute Gasteiger partial charge is 0.125 e. The maximum Gasteiger partial charge on any atom is 0.125 e. The average molecular weight is 247 g/mol. The lowest BCUT2D eigenvalue weighted by Gasteiger charge is -2.20. The molecular weight excluding hydrogens is 230 g/mol. The van der Waals surface area contributed by atoms with E-state index in [-0.39, 0.29) is 0 Å². The van der Waals surface area contributed by atoms with E-state index in [1.54, 1.807) is 0 Å². The van der Waals surface area contributed by atoms with Crippen LogP contribution in [0, 0.1) is 29.8 Å². The molecule has 0 atom stereocenters. The van der Waals surface area contributed by atoms with Crippen LogP contribution in [0.5, 0.6) is 0 Å². The van der Waals surface area contributed by atoms with E-state index >= 15 is 0 Å². The van der Waals surface area contributed by atoms with Gasteiger partial charge in [-0.3, -0.25) is 4.90 Å². The molecule has 0 unspecified atom stereocenters. The van der Waals surface area contributed by atoms with Gasteiger partial charge < -0.3 is 4.57 Å². The molecule has 0 aromatic carbocycles. The molecule has 0 aliphatic carbocycles. The van der Waals surface area contributed by atoms with Crippen LogP contribution in [-0.2, 0) is 6.67 Å². The number of hydrogen-bond acceptors (Lipinski definition) is 3. The first-order chi connectivity index (χ1) is 8.13. The molecule has 90 valence electrons. The van der Waals surface area contributed by atoms with Gasteiger partial charge in [0.25, 0.3) is 0 Å². The van der Waals surface area contributed by atoms with E-state index in [9.17, 15) is 0 Å². The lowest BCUT2D eigenvalue weighted by atomic mass is 10.1. The van der Waals surface area contributed by atoms with Crippen molar-refractivity contribution < 1.29 is 0 Å². The van der Waals surface area contributed by atoms with Gasteiger partial charge in [0.05, 0.1) is 12.2 Å². The van der Waals surface area contributed by atoms with E-state index in [0.717, 1.165) is 31.0 Å². The Bertz CT molecular complexity index is 519. The summed E-state index contributed by atoms with van der Waals surface area (Å²) >= 11 is 5.41. The average Bonchev–Trinajstić information content (AvgIpc) is 2.77. The molecule has 1 fully saturated rings. The molecule has 1 aromatic heterocycles. The summed E-state index contributed by atoms with van der Waals surface area (Å²) in [4.78, 5) is 2.39. The van der Waals surface area contributed by atoms with Crippen molar-refractivity contribution in [3.63, 3.8) is 0 Å². The largest absolute Gasteiger partial charge is 0.322 e. The predicted octanol–water partition coefficient (Wildman–Crippen LogP) is 2.76. The molecule has 1 saturated heterocycles. The molecule has 0 radical (unpaired) electrons. The van der Waals surface area contributed by atoms with E-state index in [1.165, 1.54) is 12.8 Å². The van der Waals surface area contributed by atoms with Crippen LogP contribution >= 0.6 is 12.2 Å². The lowest BCUT2D eigenvalue weighted by molar-refractivity contribution is 0.265. The first-order valence-corrected chi connectivity index (χ1v) is 6.38. The predicted molar refractivity (Wildman–Crippen MR) is 70.3 cm³/mol. The van der Waals surface area contributed by atoms with Crippen molar-refractivity contribution >= 4 is 12.2 Å². The van der Waals surface area contributed by atoms with Crippen LogP contribution in [0.1, 0.15) is 29.7 Å². The van der Waals surface area contributed by atoms with Gasteiger partial charge in [-0.15, -0.1) is 0 Å². The Labute approximate surface area is 107 Å². The van der Waals surface area contributed by atoms with E-state index in [4.69, 9.17) is 17.5 Å². The number of aryl methyl sites for hydroxylation is 2. The number of rotatable bonds is 2. The van der Waals surface area contributed by atoms with Crippen molar-refractivity contribution in [2.45, 2.75) is 33.4 Å². The third-order valence-electron chi connectivity index (χ3n) is 3.36. The van der Waals surface area contributed by atoms with Crippen molar-refractivity contribution in [1.29, 1.82) is 5.26 Å². The second-order valence-corrected chi connectivity index (χ2v) is 5.04. The lowest BCUT2D eigenvalue weighted by Crippen LogP contribution is -2.25. The summed E-state index contributed by atoms with van der Waals surface area (Å²) in [5.74, 6) is 0. The highest BCUT2D eigenvalue weighted by Gasteiger charge is 2.14. The van der Waals surface area contributed by atoms with Gasteiger partial charge in [0.2, 0.25) is 0 Å². The third-order valence-corrected chi connectivity index (χ3v) is 3.78. The number of hydrogen-bond donors (Lipinski definition) is 0. The Morgan fingerprint density at radius 1 is 1.35 bits per heavy atom. The van der Waals surface area contributed by atoms with Crippen LogP contribution in [0.15, 0.2) is 6.07 Å². The van der Waals surface area contributed by atoms with Crippen molar-refractivity contribution in [1.82, 2.24) is 9.47 Å². The molecule has 2 rings (SSSR count). The Morgan fingerprint density at radius 3 is 2.59 bits per heavy atom. The number of nitrogens with zero attached hydrogens (tertiary/aromatic N) is 3. The fourth-order valence-electron chi connectivity index (χ4n) is 2.36. The normalized spacial score (nSPS) is 16.1. The topological polar surface area (TPSA) is 32.0 Å². The minimum atomic E-state index is 0.643. The third kappa shape index (κ3) is 2.41. The molecule has 1 aromatic rings. The van der Waals surface area contributed by atoms with Crippen LogP contribution in [0.2, 0.25) is 0 Å². The molecule has 1 aliphatic heterocycles. The van der Waals surface area contributed by atoms with Gasteiger partial charge in [0.15, 0.2) is 0 Å². The highest BCUT2D eigenvalue weighted by atomic mass is 32.1. The van der Waals surface area contributed by atoms with Gasteiger partial charge in [-0.2, -0.15) is 5.26 Å². The van der Waals surface area contributed by atoms with Crippen LogP contribution in [-0.4, -0.2) is 22.6 Å². The summed E-state index contributed by atoms with van der Waals surface area (Å²) < 4.78 is 2.75. The fraction of sp³-hybridized carbons (Fsp3) is 0.538. The van der Waals surface area contributed by atoms with E-state index in [1.807, 2.05) is 13.0 Å². The number of nitriles is 1. The molecule has 17 heavy (non-hydrogen) atoms. The Morgan fingerprint density at radius 2 is 2.00 bits per heavy atom. The molecule has 0 amide bonds. The highest BCUT2D eigenvalue weighted by Crippen LogP contribution is 2.16. The molecule has 3 nitrogen and oxygen atoms in total. The van der Waals surface area contributed by atoms with Gasteiger partial charge in [0, 0.05) is 5.69 Å². The zero-order valence-electron chi connectivity index (χ0n) is 10.4. The van der Waals surface area contributed by atoms with Crippen molar-refractivity contribution in [2.75, 3.05) is 13.1 Å². The van der Waals surface area contributed by atoms with Crippen LogP contribution in [0.3, 0.4) is 0 Å². The van der Waals surface area contributed by atoms with Crippen LogP contribution in [0.25, 0.3) is 0 Å². The number of pyridine rings is 1. The van der Waals surface area contributed by atoms with E-state index < -0.39 is 0 Å². The number of aromatic nitrogens is 1. The summed E-state index contributed by atoms with van der Waals surface area (Å²) in [7, 11) is 0. The Balaban J connectivity index is 2.39. The van der Waals surface area contributed by atoms with Gasteiger partial charge in [-0.25, -0.2) is 0 Å². The zero-order chi connectivity index (χ0) is 12.4. The van der Waals surface area contributed by atoms with Gasteiger partial charge in [0.1, 0.15) is 10.7 Å². The van der Waals surface area contributed by atoms with Gasteiger partial charge in [-0.1, -0.05) is 12.2 Å². The summed E-state index contributed by atoms with van der Waals surface area (Å²) in [5, 5.41) is 9.13. The molecule has 0 bridgehead atoms. The maximum absolute atomic E-state index is 9.13. The fourth-order valence-corrected chi connectivity index (χ4v) is 2.77. The van der Waals surface area contributed by atoms with E-state index in [2.05, 4.69) is 22.5 Å². The first-order valence-electron chi connectivity index (χ1n) is 5.97. The minimum absolute atomic E-state index is 0.643.